The van der Waals surface area contributed by atoms with Crippen molar-refractivity contribution in [2.24, 2.45) is 0 Å². The molecule has 15 heavy (non-hydrogen) atoms. The Hall–Kier alpha value is 0.750. The van der Waals surface area contributed by atoms with Gasteiger partial charge in [-0.25, -0.2) is 8.42 Å². The molecule has 0 aromatic rings. The summed E-state index contributed by atoms with van der Waals surface area (Å²) in [5.74, 6) is 0. The van der Waals surface area contributed by atoms with E-state index in [1.165, 1.54) is 0 Å². The second-order valence-electron chi connectivity index (χ2n) is 2.98. The van der Waals surface area contributed by atoms with E-state index in [2.05, 4.69) is 4.18 Å². The van der Waals surface area contributed by atoms with E-state index < -0.39 is 28.7 Å². The maximum Gasteiger partial charge on any atom is 1.00 e. The Balaban J connectivity index is 0.00000196. The van der Waals surface area contributed by atoms with E-state index in [1.807, 2.05) is 0 Å². The van der Waals surface area contributed by atoms with Gasteiger partial charge in [-0.3, -0.25) is 4.18 Å². The summed E-state index contributed by atoms with van der Waals surface area (Å²) in [5.41, 5.74) is 0. The van der Waals surface area contributed by atoms with Crippen LogP contribution in [0, 0.1) is 0 Å². The molecule has 0 radical (unpaired) electrons. The van der Waals surface area contributed by atoms with E-state index in [9.17, 15) is 18.1 Å². The summed E-state index contributed by atoms with van der Waals surface area (Å²) in [6.07, 6.45) is -2.81. The summed E-state index contributed by atoms with van der Waals surface area (Å²) in [6.45, 7) is -0.498. The van der Waals surface area contributed by atoms with Crippen LogP contribution in [0.2, 0.25) is 0 Å². The van der Waals surface area contributed by atoms with Crippen LogP contribution in [0.25, 0.3) is 0 Å². The normalized spacial score (nSPS) is 32.1. The van der Waals surface area contributed by atoms with E-state index in [1.54, 1.807) is 0 Å². The standard InChI is InChI=1S/C6H12O7S.Na/c7-2-4-1-5(8)6(3-12-4)13-14(9,10)11;/h4-8H,1-3H2,(H,9,10,11);/q;+1/p-1/t4-,5?,6?;/m1./s1. The minimum Gasteiger partial charge on any atom is -0.726 e. The Labute approximate surface area is 110 Å². The third-order valence-electron chi connectivity index (χ3n) is 1.87. The molecule has 0 aromatic carbocycles. The van der Waals surface area contributed by atoms with Gasteiger partial charge in [-0.05, 0) is 0 Å². The van der Waals surface area contributed by atoms with Gasteiger partial charge in [-0.2, -0.15) is 0 Å². The van der Waals surface area contributed by atoms with Gasteiger partial charge in [0.2, 0.25) is 10.4 Å². The summed E-state index contributed by atoms with van der Waals surface area (Å²) >= 11 is 0. The Bertz CT molecular complexity index is 279. The Morgan fingerprint density at radius 2 is 2.13 bits per heavy atom. The summed E-state index contributed by atoms with van der Waals surface area (Å²) in [6, 6.07) is 0. The zero-order valence-corrected chi connectivity index (χ0v) is 11.0. The van der Waals surface area contributed by atoms with Gasteiger partial charge in [0.15, 0.2) is 0 Å². The topological polar surface area (TPSA) is 116 Å². The molecule has 84 valence electrons. The molecule has 7 nitrogen and oxygen atoms in total. The van der Waals surface area contributed by atoms with Crippen LogP contribution in [0.5, 0.6) is 0 Å². The zero-order chi connectivity index (χ0) is 10.8. The van der Waals surface area contributed by atoms with Gasteiger partial charge in [-0.1, -0.05) is 0 Å². The maximum atomic E-state index is 10.2. The number of aliphatic hydroxyl groups excluding tert-OH is 2. The van der Waals surface area contributed by atoms with Gasteiger partial charge in [-0.15, -0.1) is 0 Å². The molecule has 2 N–H and O–H groups in total. The Morgan fingerprint density at radius 1 is 1.53 bits per heavy atom. The quantitative estimate of drug-likeness (QED) is 0.292. The van der Waals surface area contributed by atoms with Gasteiger partial charge in [0.05, 0.1) is 25.4 Å². The molecule has 1 fully saturated rings. The van der Waals surface area contributed by atoms with Crippen LogP contribution in [0.15, 0.2) is 0 Å². The first-order chi connectivity index (χ1) is 6.42. The first-order valence-corrected chi connectivity index (χ1v) is 5.30. The third-order valence-corrected chi connectivity index (χ3v) is 2.36. The van der Waals surface area contributed by atoms with Crippen molar-refractivity contribution in [3.05, 3.63) is 0 Å². The molecule has 0 aliphatic carbocycles. The smallest absolute Gasteiger partial charge is 0.726 e. The molecule has 1 heterocycles. The van der Waals surface area contributed by atoms with Crippen molar-refractivity contribution in [1.29, 1.82) is 0 Å². The number of ether oxygens (including phenoxy) is 1. The average molecular weight is 250 g/mol. The average Bonchev–Trinajstić information content (AvgIpc) is 2.06. The van der Waals surface area contributed by atoms with E-state index >= 15 is 0 Å². The maximum absolute atomic E-state index is 10.2. The fourth-order valence-electron chi connectivity index (χ4n) is 1.20. The van der Waals surface area contributed by atoms with Gasteiger partial charge in [0, 0.05) is 6.42 Å². The van der Waals surface area contributed by atoms with Crippen LogP contribution in [-0.4, -0.2) is 54.7 Å². The minimum absolute atomic E-state index is 0. The van der Waals surface area contributed by atoms with Crippen LogP contribution in [0.1, 0.15) is 6.42 Å². The van der Waals surface area contributed by atoms with Crippen molar-refractivity contribution in [3.63, 3.8) is 0 Å². The molecule has 0 bridgehead atoms. The molecule has 0 spiro atoms. The van der Waals surface area contributed by atoms with Crippen LogP contribution in [-0.2, 0) is 19.3 Å². The molecule has 0 saturated carbocycles. The van der Waals surface area contributed by atoms with Crippen molar-refractivity contribution < 1.29 is 61.7 Å². The van der Waals surface area contributed by atoms with Crippen LogP contribution >= 0.6 is 0 Å². The van der Waals surface area contributed by atoms with E-state index in [0.717, 1.165) is 0 Å². The first kappa shape index (κ1) is 15.8. The number of hydrogen-bond donors (Lipinski definition) is 2. The van der Waals surface area contributed by atoms with Gasteiger partial charge in [0.25, 0.3) is 0 Å². The summed E-state index contributed by atoms with van der Waals surface area (Å²) in [5, 5.41) is 18.0. The fraction of sp³-hybridized carbons (Fsp3) is 1.00. The first-order valence-electron chi connectivity index (χ1n) is 3.97. The molecule has 1 saturated heterocycles. The van der Waals surface area contributed by atoms with Crippen molar-refractivity contribution in [1.82, 2.24) is 0 Å². The van der Waals surface area contributed by atoms with Crippen molar-refractivity contribution in [2.45, 2.75) is 24.7 Å². The molecule has 3 atom stereocenters. The van der Waals surface area contributed by atoms with E-state index in [-0.39, 0.29) is 49.2 Å². The number of aliphatic hydroxyl groups is 2. The Kier molecular flexibility index (Phi) is 6.80. The largest absolute Gasteiger partial charge is 1.00 e. The minimum atomic E-state index is -4.83. The van der Waals surface area contributed by atoms with Crippen LogP contribution in [0.4, 0.5) is 0 Å². The molecule has 1 rings (SSSR count). The third kappa shape index (κ3) is 5.57. The predicted octanol–water partition coefficient (Wildman–Crippen LogP) is -5.02. The molecule has 0 amide bonds. The SMILES string of the molecule is O=S(=O)([O-])OC1CO[C@@H](CO)CC1O.[Na+]. The number of hydrogen-bond acceptors (Lipinski definition) is 7. The molecular formula is C6H11NaO7S. The van der Waals surface area contributed by atoms with Gasteiger partial charge in [0.1, 0.15) is 6.10 Å². The monoisotopic (exact) mass is 250 g/mol. The molecule has 1 aliphatic heterocycles. The van der Waals surface area contributed by atoms with Crippen molar-refractivity contribution in [3.8, 4) is 0 Å². The predicted molar refractivity (Wildman–Crippen MR) is 42.0 cm³/mol. The fourth-order valence-corrected chi connectivity index (χ4v) is 1.69. The summed E-state index contributed by atoms with van der Waals surface area (Å²) < 4.78 is 39.6. The summed E-state index contributed by atoms with van der Waals surface area (Å²) in [4.78, 5) is 0. The molecule has 9 heteroatoms. The van der Waals surface area contributed by atoms with E-state index in [0.29, 0.717) is 0 Å². The Morgan fingerprint density at radius 3 is 2.53 bits per heavy atom. The van der Waals surface area contributed by atoms with Gasteiger partial charge < -0.3 is 19.5 Å². The summed E-state index contributed by atoms with van der Waals surface area (Å²) in [7, 11) is -4.83. The van der Waals surface area contributed by atoms with Crippen LogP contribution in [0.3, 0.4) is 0 Å². The molecule has 1 aliphatic rings. The van der Waals surface area contributed by atoms with Crippen molar-refractivity contribution in [2.75, 3.05) is 13.2 Å². The van der Waals surface area contributed by atoms with Crippen LogP contribution < -0.4 is 29.6 Å². The van der Waals surface area contributed by atoms with Crippen molar-refractivity contribution >= 4 is 10.4 Å². The molecule has 0 aromatic heterocycles. The second kappa shape index (κ2) is 6.48. The molecule has 2 unspecified atom stereocenters. The van der Waals surface area contributed by atoms with E-state index in [4.69, 9.17) is 9.84 Å². The van der Waals surface area contributed by atoms with Gasteiger partial charge >= 0.3 is 29.6 Å². The second-order valence-corrected chi connectivity index (χ2v) is 3.99. The molecular weight excluding hydrogens is 239 g/mol. The zero-order valence-electron chi connectivity index (χ0n) is 8.20. The number of rotatable bonds is 3.